The number of nitrogens with zero attached hydrogens (tertiary/aromatic N) is 1. The molecular weight excluding hydrogens is 333 g/mol. The fraction of sp³-hybridized carbons (Fsp3) is 0.913. The van der Waals surface area contributed by atoms with Gasteiger partial charge in [-0.1, -0.05) is 78.0 Å². The summed E-state index contributed by atoms with van der Waals surface area (Å²) in [5.74, 6) is 0.440. The van der Waals surface area contributed by atoms with Crippen molar-refractivity contribution >= 4 is 19.7 Å². The maximum absolute atomic E-state index is 13.3. The first-order valence-corrected chi connectivity index (χ1v) is 11.4. The van der Waals surface area contributed by atoms with Gasteiger partial charge >= 0.3 is 0 Å². The van der Waals surface area contributed by atoms with Crippen LogP contribution in [0.1, 0.15) is 112 Å². The summed E-state index contributed by atoms with van der Waals surface area (Å²) in [6.45, 7) is 12.9. The fourth-order valence-electron chi connectivity index (χ4n) is 5.07. The third kappa shape index (κ3) is 7.62. The summed E-state index contributed by atoms with van der Waals surface area (Å²) in [5, 5.41) is 0.0861. The second-order valence-electron chi connectivity index (χ2n) is 10.5. The summed E-state index contributed by atoms with van der Waals surface area (Å²) in [6.07, 6.45) is 12.0. The van der Waals surface area contributed by atoms with Gasteiger partial charge in [-0.05, 0) is 39.0 Å². The minimum atomic E-state index is -0.405. The molecule has 0 saturated carbocycles. The highest BCUT2D eigenvalue weighted by molar-refractivity contribution is 6.14. The van der Waals surface area contributed by atoms with Crippen LogP contribution in [-0.4, -0.2) is 30.1 Å². The molecule has 4 heteroatoms. The van der Waals surface area contributed by atoms with Crippen LogP contribution in [0.4, 0.5) is 0 Å². The average Bonchev–Trinajstić information content (AvgIpc) is 2.83. The van der Waals surface area contributed by atoms with Gasteiger partial charge in [0.1, 0.15) is 7.85 Å². The van der Waals surface area contributed by atoms with E-state index in [1.807, 2.05) is 0 Å². The van der Waals surface area contributed by atoms with E-state index in [2.05, 4.69) is 49.4 Å². The Balaban J connectivity index is 2.87. The minimum absolute atomic E-state index is 0.0494. The molecule has 2 unspecified atom stereocenters. The van der Waals surface area contributed by atoms with E-state index >= 15 is 0 Å². The molecule has 0 bridgehead atoms. The highest BCUT2D eigenvalue weighted by Crippen LogP contribution is 2.41. The largest absolute Gasteiger partial charge is 0.277 e. The molecule has 0 radical (unpaired) electrons. The molecule has 0 spiro atoms. The number of carbonyl (C=O) groups is 2. The van der Waals surface area contributed by atoms with Crippen molar-refractivity contribution < 1.29 is 9.59 Å². The summed E-state index contributed by atoms with van der Waals surface area (Å²) in [6, 6.07) is 0. The van der Waals surface area contributed by atoms with Gasteiger partial charge in [-0.25, -0.2) is 0 Å². The topological polar surface area (TPSA) is 37.4 Å². The number of hydrogen-bond acceptors (Lipinski definition) is 2. The molecule has 0 aromatic heterocycles. The molecule has 0 aromatic carbocycles. The lowest BCUT2D eigenvalue weighted by molar-refractivity contribution is -0.146. The van der Waals surface area contributed by atoms with Gasteiger partial charge in [0.25, 0.3) is 0 Å². The molecule has 1 fully saturated rings. The van der Waals surface area contributed by atoms with Gasteiger partial charge in [0.05, 0.1) is 5.92 Å². The smallest absolute Gasteiger partial charge is 0.233 e. The molecule has 156 valence electrons. The first-order valence-electron chi connectivity index (χ1n) is 11.4. The Kier molecular flexibility index (Phi) is 9.58. The molecule has 2 atom stereocenters. The van der Waals surface area contributed by atoms with Crippen LogP contribution in [0.3, 0.4) is 0 Å². The number of rotatable bonds is 13. The van der Waals surface area contributed by atoms with Crippen molar-refractivity contribution in [3.63, 3.8) is 0 Å². The van der Waals surface area contributed by atoms with Crippen LogP contribution in [-0.2, 0) is 9.59 Å². The third-order valence-corrected chi connectivity index (χ3v) is 5.93. The van der Waals surface area contributed by atoms with E-state index in [1.54, 1.807) is 4.90 Å². The van der Waals surface area contributed by atoms with E-state index in [1.165, 1.54) is 44.9 Å². The van der Waals surface area contributed by atoms with Crippen LogP contribution in [0.5, 0.6) is 0 Å². The second-order valence-corrected chi connectivity index (χ2v) is 10.5. The second kappa shape index (κ2) is 10.7. The lowest BCUT2D eigenvalue weighted by Gasteiger charge is -2.39. The minimum Gasteiger partial charge on any atom is -0.277 e. The molecule has 1 rings (SSSR count). The number of amides is 2. The molecule has 1 heterocycles. The number of carbonyl (C=O) groups excluding carboxylic acids is 2. The monoisotopic (exact) mass is 377 g/mol. The molecule has 27 heavy (non-hydrogen) atoms. The predicted octanol–water partition coefficient (Wildman–Crippen LogP) is 5.53. The molecule has 0 aliphatic carbocycles. The van der Waals surface area contributed by atoms with Gasteiger partial charge < -0.3 is 0 Å². The lowest BCUT2D eigenvalue weighted by Crippen LogP contribution is -2.49. The number of likely N-dealkylation sites (tertiary alicyclic amines) is 1. The van der Waals surface area contributed by atoms with Crippen molar-refractivity contribution in [2.24, 2.45) is 11.8 Å². The van der Waals surface area contributed by atoms with Crippen molar-refractivity contribution in [3.8, 4) is 0 Å². The highest BCUT2D eigenvalue weighted by Gasteiger charge is 2.48. The van der Waals surface area contributed by atoms with Crippen molar-refractivity contribution in [3.05, 3.63) is 0 Å². The van der Waals surface area contributed by atoms with E-state index in [0.29, 0.717) is 12.3 Å². The van der Waals surface area contributed by atoms with Crippen LogP contribution in [0.15, 0.2) is 0 Å². The van der Waals surface area contributed by atoms with Gasteiger partial charge in [0, 0.05) is 12.0 Å². The van der Waals surface area contributed by atoms with E-state index in [4.69, 9.17) is 0 Å². The van der Waals surface area contributed by atoms with Crippen LogP contribution < -0.4 is 0 Å². The zero-order chi connectivity index (χ0) is 20.7. The lowest BCUT2D eigenvalue weighted by atomic mass is 9.65. The maximum Gasteiger partial charge on any atom is 0.233 e. The molecular formula is C23H44BNO2. The number of hydrogen-bond donors (Lipinski definition) is 0. The van der Waals surface area contributed by atoms with Gasteiger partial charge in [-0.3, -0.25) is 14.5 Å². The Morgan fingerprint density at radius 1 is 0.963 bits per heavy atom. The standard InChI is InChI=1S/C23H44BNO2/c1-7-9-11-13-15-18(14-12-10-8-2)19-16-20(26)25(21(19)27)23(5,6)17-22(3,4)24/h18-19H,7-17,24H2,1-6H3. The number of unbranched alkanes of at least 4 members (excludes halogenated alkanes) is 5. The quantitative estimate of drug-likeness (QED) is 0.240. The van der Waals surface area contributed by atoms with Crippen molar-refractivity contribution in [2.75, 3.05) is 0 Å². The van der Waals surface area contributed by atoms with Gasteiger partial charge in [-0.15, -0.1) is 0 Å². The first kappa shape index (κ1) is 24.2. The van der Waals surface area contributed by atoms with Crippen molar-refractivity contribution in [1.82, 2.24) is 4.90 Å². The molecule has 2 amide bonds. The van der Waals surface area contributed by atoms with E-state index in [9.17, 15) is 9.59 Å². The van der Waals surface area contributed by atoms with E-state index < -0.39 is 5.54 Å². The van der Waals surface area contributed by atoms with Crippen LogP contribution in [0, 0.1) is 11.8 Å². The Bertz CT molecular complexity index is 481. The van der Waals surface area contributed by atoms with Gasteiger partial charge in [0.2, 0.25) is 11.8 Å². The zero-order valence-corrected chi connectivity index (χ0v) is 19.2. The average molecular weight is 377 g/mol. The maximum atomic E-state index is 13.3. The van der Waals surface area contributed by atoms with E-state index in [0.717, 1.165) is 19.3 Å². The fourth-order valence-corrected chi connectivity index (χ4v) is 5.07. The van der Waals surface area contributed by atoms with Crippen LogP contribution in [0.2, 0.25) is 5.31 Å². The Morgan fingerprint density at radius 3 is 2.00 bits per heavy atom. The molecule has 3 nitrogen and oxygen atoms in total. The SMILES string of the molecule is BC(C)(C)CC(C)(C)N1C(=O)CC(C(CCCCC)CCCCCC)C1=O. The molecule has 1 aliphatic heterocycles. The highest BCUT2D eigenvalue weighted by atomic mass is 16.2. The summed E-state index contributed by atoms with van der Waals surface area (Å²) < 4.78 is 0. The summed E-state index contributed by atoms with van der Waals surface area (Å²) >= 11 is 0. The Hall–Kier alpha value is -0.795. The molecule has 1 saturated heterocycles. The van der Waals surface area contributed by atoms with Crippen molar-refractivity contribution in [1.29, 1.82) is 0 Å². The van der Waals surface area contributed by atoms with Crippen LogP contribution in [0.25, 0.3) is 0 Å². The molecule has 1 aliphatic rings. The third-order valence-electron chi connectivity index (χ3n) is 5.93. The Labute approximate surface area is 169 Å². The number of imide groups is 1. The summed E-state index contributed by atoms with van der Waals surface area (Å²) in [4.78, 5) is 27.8. The summed E-state index contributed by atoms with van der Waals surface area (Å²) in [7, 11) is 2.18. The normalized spacial score (nSPS) is 19.8. The van der Waals surface area contributed by atoms with Gasteiger partial charge in [0.15, 0.2) is 0 Å². The predicted molar refractivity (Wildman–Crippen MR) is 118 cm³/mol. The van der Waals surface area contributed by atoms with Gasteiger partial charge in [-0.2, -0.15) is 0 Å². The van der Waals surface area contributed by atoms with Crippen LogP contribution >= 0.6 is 0 Å². The zero-order valence-electron chi connectivity index (χ0n) is 19.2. The molecule has 0 aromatic rings. The summed E-state index contributed by atoms with van der Waals surface area (Å²) in [5.41, 5.74) is -0.405. The Morgan fingerprint density at radius 2 is 1.48 bits per heavy atom. The van der Waals surface area contributed by atoms with Crippen molar-refractivity contribution in [2.45, 2.75) is 123 Å². The molecule has 0 N–H and O–H groups in total. The first-order chi connectivity index (χ1) is 12.5. The van der Waals surface area contributed by atoms with E-state index in [-0.39, 0.29) is 23.0 Å².